The van der Waals surface area contributed by atoms with Crippen LogP contribution in [0.2, 0.25) is 0 Å². The highest BCUT2D eigenvalue weighted by molar-refractivity contribution is 9.10. The van der Waals surface area contributed by atoms with Gasteiger partial charge in [0.15, 0.2) is 0 Å². The van der Waals surface area contributed by atoms with Crippen molar-refractivity contribution >= 4 is 61.8 Å². The number of aryl methyl sites for hydroxylation is 2. The fraction of sp³-hybridized carbons (Fsp3) is 0.238. The minimum atomic E-state index is -2.26. The molecule has 0 spiro atoms. The molecule has 0 saturated heterocycles. The summed E-state index contributed by atoms with van der Waals surface area (Å²) >= 11 is 1.12. The second kappa shape index (κ2) is 11.3. The Balaban J connectivity index is 2.03. The van der Waals surface area contributed by atoms with E-state index in [1.54, 1.807) is 44.2 Å². The molecule has 2 heterocycles. The third-order valence-electron chi connectivity index (χ3n) is 4.48. The number of nitrogens with one attached hydrogen (secondary N) is 3. The molecule has 0 radical (unpaired) electrons. The van der Waals surface area contributed by atoms with Crippen molar-refractivity contribution < 1.29 is 18.4 Å². The first kappa shape index (κ1) is 25.5. The van der Waals surface area contributed by atoms with Crippen molar-refractivity contribution in [1.82, 2.24) is 20.4 Å². The molecule has 0 fully saturated rings. The van der Waals surface area contributed by atoms with Gasteiger partial charge in [-0.3, -0.25) is 18.5 Å². The number of hydroxylamine groups is 1. The normalized spacial score (nSPS) is 11.6. The molecule has 1 amide bonds. The van der Waals surface area contributed by atoms with E-state index in [1.165, 1.54) is 17.5 Å². The molecule has 180 valence electrons. The Bertz CT molecular complexity index is 1210. The molecule has 13 heteroatoms. The van der Waals surface area contributed by atoms with Gasteiger partial charge in [0.25, 0.3) is 17.2 Å². The molecule has 34 heavy (non-hydrogen) atoms. The van der Waals surface area contributed by atoms with E-state index in [9.17, 15) is 13.6 Å². The van der Waals surface area contributed by atoms with Crippen LogP contribution in [0.25, 0.3) is 0 Å². The van der Waals surface area contributed by atoms with E-state index < -0.39 is 17.2 Å². The Kier molecular flexibility index (Phi) is 8.50. The second-order valence-corrected chi connectivity index (χ2v) is 8.99. The molecule has 1 unspecified atom stereocenters. The molecule has 2 aromatic heterocycles. The predicted octanol–water partition coefficient (Wildman–Crippen LogP) is 3.99. The fourth-order valence-electron chi connectivity index (χ4n) is 3.01. The van der Waals surface area contributed by atoms with Gasteiger partial charge in [-0.05, 0) is 39.0 Å². The van der Waals surface area contributed by atoms with Crippen LogP contribution < -0.4 is 20.4 Å². The summed E-state index contributed by atoms with van der Waals surface area (Å²) in [5, 5.41) is 6.29. The largest absolute Gasteiger partial charge is 0.353 e. The van der Waals surface area contributed by atoms with Crippen LogP contribution in [0.5, 0.6) is 0 Å². The van der Waals surface area contributed by atoms with Crippen LogP contribution in [-0.2, 0) is 16.1 Å². The van der Waals surface area contributed by atoms with Gasteiger partial charge >= 0.3 is 0 Å². The molecule has 0 saturated carbocycles. The van der Waals surface area contributed by atoms with Gasteiger partial charge in [0.2, 0.25) is 0 Å². The molecule has 3 rings (SSSR count). The third-order valence-corrected chi connectivity index (χ3v) is 5.64. The van der Waals surface area contributed by atoms with Crippen LogP contribution in [0.3, 0.4) is 0 Å². The number of hydrogen-bond acceptors (Lipinski definition) is 8. The summed E-state index contributed by atoms with van der Waals surface area (Å²) in [6.45, 7) is 5.68. The van der Waals surface area contributed by atoms with Crippen molar-refractivity contribution in [2.24, 2.45) is 0 Å². The summed E-state index contributed by atoms with van der Waals surface area (Å²) in [7, 11) is 1.48. The van der Waals surface area contributed by atoms with Gasteiger partial charge in [0, 0.05) is 35.5 Å². The van der Waals surface area contributed by atoms with Crippen molar-refractivity contribution in [2.75, 3.05) is 28.6 Å². The van der Waals surface area contributed by atoms with Crippen LogP contribution in [0.1, 0.15) is 28.8 Å². The molecule has 0 bridgehead atoms. The van der Waals surface area contributed by atoms with Crippen LogP contribution in [0.4, 0.5) is 28.7 Å². The first-order chi connectivity index (χ1) is 16.2. The number of benzene rings is 1. The monoisotopic (exact) mass is 549 g/mol. The van der Waals surface area contributed by atoms with E-state index in [2.05, 4.69) is 47.0 Å². The number of pyridine rings is 1. The SMILES string of the molecule is CCONC(=O)c1cnc(Nc2cc(C)nc(C)n2)cc1Nc1ccc(Br)cc1N(C)S(=O)O. The molecular weight excluding hydrogens is 526 g/mol. The number of anilines is 5. The van der Waals surface area contributed by atoms with E-state index in [1.807, 2.05) is 6.92 Å². The summed E-state index contributed by atoms with van der Waals surface area (Å²) in [5.74, 6) is 1.07. The topological polar surface area (TPSA) is 142 Å². The van der Waals surface area contributed by atoms with Crippen molar-refractivity contribution in [2.45, 2.75) is 20.8 Å². The lowest BCUT2D eigenvalue weighted by atomic mass is 10.2. The summed E-state index contributed by atoms with van der Waals surface area (Å²) < 4.78 is 23.2. The quantitative estimate of drug-likeness (QED) is 0.230. The average molecular weight is 550 g/mol. The lowest BCUT2D eigenvalue weighted by Gasteiger charge is -2.21. The maximum atomic E-state index is 12.7. The maximum absolute atomic E-state index is 12.7. The maximum Gasteiger partial charge on any atom is 0.278 e. The van der Waals surface area contributed by atoms with Crippen molar-refractivity contribution in [1.29, 1.82) is 0 Å². The second-order valence-electron chi connectivity index (χ2n) is 7.06. The predicted molar refractivity (Wildman–Crippen MR) is 135 cm³/mol. The van der Waals surface area contributed by atoms with Gasteiger partial charge in [-0.25, -0.2) is 24.6 Å². The van der Waals surface area contributed by atoms with Crippen LogP contribution in [0.15, 0.2) is 41.0 Å². The number of hydrogen-bond donors (Lipinski definition) is 4. The zero-order chi connectivity index (χ0) is 24.8. The van der Waals surface area contributed by atoms with Gasteiger partial charge < -0.3 is 10.6 Å². The highest BCUT2D eigenvalue weighted by Crippen LogP contribution is 2.33. The average Bonchev–Trinajstić information content (AvgIpc) is 2.77. The number of nitrogens with zero attached hydrogens (tertiary/aromatic N) is 4. The van der Waals surface area contributed by atoms with E-state index in [4.69, 9.17) is 4.84 Å². The van der Waals surface area contributed by atoms with Crippen molar-refractivity contribution in [3.8, 4) is 0 Å². The molecular formula is C21H24BrN7O4S. The number of halogens is 1. The zero-order valence-corrected chi connectivity index (χ0v) is 21.3. The Morgan fingerprint density at radius 1 is 1.15 bits per heavy atom. The van der Waals surface area contributed by atoms with Crippen molar-refractivity contribution in [3.05, 3.63) is 58.1 Å². The van der Waals surface area contributed by atoms with Crippen LogP contribution in [0, 0.1) is 13.8 Å². The van der Waals surface area contributed by atoms with E-state index in [0.29, 0.717) is 39.0 Å². The smallest absolute Gasteiger partial charge is 0.278 e. The summed E-state index contributed by atoms with van der Waals surface area (Å²) in [6, 6.07) is 8.58. The number of amides is 1. The summed E-state index contributed by atoms with van der Waals surface area (Å²) in [5.41, 5.74) is 4.66. The van der Waals surface area contributed by atoms with Crippen molar-refractivity contribution in [3.63, 3.8) is 0 Å². The number of carbonyl (C=O) groups excluding carboxylic acids is 1. The first-order valence-electron chi connectivity index (χ1n) is 10.1. The fourth-order valence-corrected chi connectivity index (χ4v) is 3.68. The summed E-state index contributed by atoms with van der Waals surface area (Å²) in [6.07, 6.45) is 1.40. The molecule has 0 aliphatic rings. The standard InChI is InChI=1S/C21H24BrN7O4S/c1-5-33-28-21(30)15-11-23-19(27-20-8-12(2)24-13(3)25-20)10-17(15)26-16-7-6-14(22)9-18(16)29(4)34(31)32/h6-11H,5H2,1-4H3,(H,28,30)(H,31,32)(H2,23,24,25,26,27). The number of rotatable bonds is 9. The lowest BCUT2D eigenvalue weighted by molar-refractivity contribution is 0.0365. The highest BCUT2D eigenvalue weighted by atomic mass is 79.9. The van der Waals surface area contributed by atoms with E-state index in [0.717, 1.165) is 5.69 Å². The molecule has 0 aliphatic carbocycles. The third kappa shape index (κ3) is 6.47. The Morgan fingerprint density at radius 3 is 2.59 bits per heavy atom. The Morgan fingerprint density at radius 2 is 1.91 bits per heavy atom. The van der Waals surface area contributed by atoms with E-state index in [-0.39, 0.29) is 12.2 Å². The minimum Gasteiger partial charge on any atom is -0.353 e. The molecule has 0 aliphatic heterocycles. The molecule has 11 nitrogen and oxygen atoms in total. The number of aromatic nitrogens is 3. The Labute approximate surface area is 207 Å². The zero-order valence-electron chi connectivity index (χ0n) is 18.9. The summed E-state index contributed by atoms with van der Waals surface area (Å²) in [4.78, 5) is 30.7. The van der Waals surface area contributed by atoms with Gasteiger partial charge in [-0.2, -0.15) is 0 Å². The molecule has 1 atom stereocenters. The Hall–Kier alpha value is -3.13. The van der Waals surface area contributed by atoms with E-state index >= 15 is 0 Å². The molecule has 3 aromatic rings. The first-order valence-corrected chi connectivity index (χ1v) is 12.0. The highest BCUT2D eigenvalue weighted by Gasteiger charge is 2.18. The molecule has 4 N–H and O–H groups in total. The van der Waals surface area contributed by atoms with Gasteiger partial charge in [-0.15, -0.1) is 0 Å². The minimum absolute atomic E-state index is 0.204. The number of carbonyl (C=O) groups is 1. The van der Waals surface area contributed by atoms with Crippen LogP contribution >= 0.6 is 15.9 Å². The molecule has 1 aromatic carbocycles. The lowest BCUT2D eigenvalue weighted by Crippen LogP contribution is -2.25. The van der Waals surface area contributed by atoms with Gasteiger partial charge in [-0.1, -0.05) is 15.9 Å². The van der Waals surface area contributed by atoms with Gasteiger partial charge in [0.1, 0.15) is 17.5 Å². The van der Waals surface area contributed by atoms with Gasteiger partial charge in [0.05, 0.1) is 29.2 Å². The van der Waals surface area contributed by atoms with Crippen LogP contribution in [-0.4, -0.2) is 43.3 Å².